The Balaban J connectivity index is 1.77. The van der Waals surface area contributed by atoms with Gasteiger partial charge in [0.15, 0.2) is 0 Å². The first kappa shape index (κ1) is 17.8. The third-order valence-corrected chi connectivity index (χ3v) is 4.29. The third kappa shape index (κ3) is 5.55. The molecule has 1 fully saturated rings. The number of rotatable bonds is 7. The van der Waals surface area contributed by atoms with E-state index in [4.69, 9.17) is 4.74 Å². The summed E-state index contributed by atoms with van der Waals surface area (Å²) < 4.78 is 5.39. The summed E-state index contributed by atoms with van der Waals surface area (Å²) in [7, 11) is 0. The van der Waals surface area contributed by atoms with Gasteiger partial charge < -0.3 is 15.0 Å². The average molecular weight is 320 g/mol. The minimum Gasteiger partial charge on any atom is -0.382 e. The second-order valence-corrected chi connectivity index (χ2v) is 6.24. The zero-order valence-electron chi connectivity index (χ0n) is 14.4. The van der Waals surface area contributed by atoms with Crippen LogP contribution in [0.3, 0.4) is 0 Å². The summed E-state index contributed by atoms with van der Waals surface area (Å²) in [6.07, 6.45) is 5.20. The monoisotopic (exact) mass is 320 g/mol. The molecule has 2 atom stereocenters. The highest BCUT2D eigenvalue weighted by molar-refractivity contribution is 5.92. The Kier molecular flexibility index (Phi) is 6.92. The van der Waals surface area contributed by atoms with Gasteiger partial charge in [0, 0.05) is 45.1 Å². The van der Waals surface area contributed by atoms with E-state index in [1.807, 2.05) is 13.8 Å². The van der Waals surface area contributed by atoms with Gasteiger partial charge in [0.05, 0.1) is 11.9 Å². The number of piperidine rings is 1. The Morgan fingerprint density at radius 3 is 2.91 bits per heavy atom. The number of amides is 1. The molecule has 0 aliphatic carbocycles. The Morgan fingerprint density at radius 1 is 1.43 bits per heavy atom. The Bertz CT molecular complexity index is 492. The predicted octanol–water partition coefficient (Wildman–Crippen LogP) is 1.65. The zero-order valence-corrected chi connectivity index (χ0v) is 14.4. The van der Waals surface area contributed by atoms with Gasteiger partial charge in [0.25, 0.3) is 5.91 Å². The maximum Gasteiger partial charge on any atom is 0.271 e. The molecule has 0 bridgehead atoms. The quantitative estimate of drug-likeness (QED) is 0.774. The smallest absolute Gasteiger partial charge is 0.271 e. The van der Waals surface area contributed by atoms with E-state index in [-0.39, 0.29) is 11.9 Å². The highest BCUT2D eigenvalue weighted by atomic mass is 16.5. The van der Waals surface area contributed by atoms with Crippen LogP contribution in [0.15, 0.2) is 12.4 Å². The molecule has 1 saturated heterocycles. The SMILES string of the molecule is CCOCCCN1CC[C@H](NC(=O)c2cnc(C)cn2)[C@H](C)C1. The van der Waals surface area contributed by atoms with Gasteiger partial charge in [-0.05, 0) is 32.6 Å². The summed E-state index contributed by atoms with van der Waals surface area (Å²) in [6, 6.07) is 0.203. The van der Waals surface area contributed by atoms with Crippen LogP contribution in [-0.4, -0.2) is 59.7 Å². The van der Waals surface area contributed by atoms with E-state index in [0.717, 1.165) is 51.4 Å². The van der Waals surface area contributed by atoms with Gasteiger partial charge in [-0.1, -0.05) is 6.92 Å². The molecule has 6 heteroatoms. The van der Waals surface area contributed by atoms with E-state index >= 15 is 0 Å². The molecule has 0 unspecified atom stereocenters. The lowest BCUT2D eigenvalue weighted by Crippen LogP contribution is -2.50. The van der Waals surface area contributed by atoms with Crippen molar-refractivity contribution in [2.75, 3.05) is 32.8 Å². The van der Waals surface area contributed by atoms with Crippen LogP contribution in [0, 0.1) is 12.8 Å². The van der Waals surface area contributed by atoms with Gasteiger partial charge in [0.2, 0.25) is 0 Å². The zero-order chi connectivity index (χ0) is 16.7. The summed E-state index contributed by atoms with van der Waals surface area (Å²) in [6.45, 7) is 10.8. The fourth-order valence-corrected chi connectivity index (χ4v) is 2.94. The fourth-order valence-electron chi connectivity index (χ4n) is 2.94. The summed E-state index contributed by atoms with van der Waals surface area (Å²) >= 11 is 0. The maximum atomic E-state index is 12.3. The molecule has 1 amide bonds. The van der Waals surface area contributed by atoms with Crippen molar-refractivity contribution in [1.82, 2.24) is 20.2 Å². The molecule has 128 valence electrons. The molecule has 1 aliphatic heterocycles. The first-order valence-corrected chi connectivity index (χ1v) is 8.49. The first-order valence-electron chi connectivity index (χ1n) is 8.49. The van der Waals surface area contributed by atoms with Crippen molar-refractivity contribution in [2.24, 2.45) is 5.92 Å². The topological polar surface area (TPSA) is 67.3 Å². The van der Waals surface area contributed by atoms with Crippen molar-refractivity contribution in [1.29, 1.82) is 0 Å². The summed E-state index contributed by atoms with van der Waals surface area (Å²) in [4.78, 5) is 23.0. The second kappa shape index (κ2) is 8.93. The van der Waals surface area contributed by atoms with Gasteiger partial charge in [0.1, 0.15) is 5.69 Å². The van der Waals surface area contributed by atoms with Gasteiger partial charge >= 0.3 is 0 Å². The molecule has 1 aromatic heterocycles. The van der Waals surface area contributed by atoms with E-state index in [1.165, 1.54) is 6.20 Å². The van der Waals surface area contributed by atoms with E-state index in [0.29, 0.717) is 11.6 Å². The minimum atomic E-state index is -0.126. The molecule has 23 heavy (non-hydrogen) atoms. The van der Waals surface area contributed by atoms with Crippen LogP contribution in [-0.2, 0) is 4.74 Å². The van der Waals surface area contributed by atoms with E-state index in [2.05, 4.69) is 27.1 Å². The molecule has 0 saturated carbocycles. The number of hydrogen-bond acceptors (Lipinski definition) is 5. The van der Waals surface area contributed by atoms with Crippen LogP contribution in [0.4, 0.5) is 0 Å². The molecule has 2 heterocycles. The lowest BCUT2D eigenvalue weighted by atomic mass is 9.93. The number of carbonyl (C=O) groups excluding carboxylic acids is 1. The minimum absolute atomic E-state index is 0.126. The number of aryl methyl sites for hydroxylation is 1. The first-order chi connectivity index (χ1) is 11.1. The summed E-state index contributed by atoms with van der Waals surface area (Å²) in [5.41, 5.74) is 1.21. The normalized spacial score (nSPS) is 22.0. The highest BCUT2D eigenvalue weighted by Gasteiger charge is 2.27. The summed E-state index contributed by atoms with van der Waals surface area (Å²) in [5.74, 6) is 0.303. The molecule has 1 N–H and O–H groups in total. The molecule has 0 aromatic carbocycles. The van der Waals surface area contributed by atoms with Crippen molar-refractivity contribution >= 4 is 5.91 Å². The lowest BCUT2D eigenvalue weighted by molar-refractivity contribution is 0.0838. The number of carbonyl (C=O) groups is 1. The largest absolute Gasteiger partial charge is 0.382 e. The van der Waals surface area contributed by atoms with Gasteiger partial charge in [-0.15, -0.1) is 0 Å². The van der Waals surface area contributed by atoms with E-state index in [9.17, 15) is 4.79 Å². The number of nitrogens with zero attached hydrogens (tertiary/aromatic N) is 3. The molecule has 0 spiro atoms. The molecular weight excluding hydrogens is 292 g/mol. The average Bonchev–Trinajstić information content (AvgIpc) is 2.54. The second-order valence-electron chi connectivity index (χ2n) is 6.24. The standard InChI is InChI=1S/C17H28N4O2/c1-4-23-9-5-7-21-8-6-15(13(2)12-21)20-17(22)16-11-18-14(3)10-19-16/h10-11,13,15H,4-9,12H2,1-3H3,(H,20,22)/t13-,15+/m1/s1. The molecule has 0 radical (unpaired) electrons. The number of nitrogens with one attached hydrogen (secondary N) is 1. The number of aromatic nitrogens is 2. The van der Waals surface area contributed by atoms with Crippen LogP contribution in [0.5, 0.6) is 0 Å². The van der Waals surface area contributed by atoms with E-state index in [1.54, 1.807) is 6.20 Å². The molecule has 1 aliphatic rings. The van der Waals surface area contributed by atoms with Gasteiger partial charge in [-0.3, -0.25) is 9.78 Å². The number of likely N-dealkylation sites (tertiary alicyclic amines) is 1. The van der Waals surface area contributed by atoms with Crippen molar-refractivity contribution in [3.63, 3.8) is 0 Å². The fraction of sp³-hybridized carbons (Fsp3) is 0.706. The van der Waals surface area contributed by atoms with Crippen molar-refractivity contribution in [3.05, 3.63) is 23.8 Å². The predicted molar refractivity (Wildman–Crippen MR) is 89.4 cm³/mol. The third-order valence-electron chi connectivity index (χ3n) is 4.29. The Labute approximate surface area is 138 Å². The molecule has 2 rings (SSSR count). The van der Waals surface area contributed by atoms with Crippen molar-refractivity contribution in [2.45, 2.75) is 39.7 Å². The highest BCUT2D eigenvalue weighted by Crippen LogP contribution is 2.17. The number of ether oxygens (including phenoxy) is 1. The van der Waals surface area contributed by atoms with Gasteiger partial charge in [-0.25, -0.2) is 4.98 Å². The van der Waals surface area contributed by atoms with Crippen LogP contribution < -0.4 is 5.32 Å². The molecular formula is C17H28N4O2. The van der Waals surface area contributed by atoms with E-state index < -0.39 is 0 Å². The van der Waals surface area contributed by atoms with Crippen LogP contribution >= 0.6 is 0 Å². The Morgan fingerprint density at radius 2 is 2.26 bits per heavy atom. The lowest BCUT2D eigenvalue weighted by Gasteiger charge is -2.37. The summed E-state index contributed by atoms with van der Waals surface area (Å²) in [5, 5.41) is 3.11. The maximum absolute atomic E-state index is 12.3. The van der Waals surface area contributed by atoms with Crippen LogP contribution in [0.25, 0.3) is 0 Å². The molecule has 6 nitrogen and oxygen atoms in total. The van der Waals surface area contributed by atoms with Crippen molar-refractivity contribution in [3.8, 4) is 0 Å². The number of hydrogen-bond donors (Lipinski definition) is 1. The van der Waals surface area contributed by atoms with Crippen LogP contribution in [0.1, 0.15) is 42.9 Å². The van der Waals surface area contributed by atoms with Crippen molar-refractivity contribution < 1.29 is 9.53 Å². The van der Waals surface area contributed by atoms with Crippen LogP contribution in [0.2, 0.25) is 0 Å². The molecule has 1 aromatic rings. The Hall–Kier alpha value is -1.53. The van der Waals surface area contributed by atoms with Gasteiger partial charge in [-0.2, -0.15) is 0 Å².